The van der Waals surface area contributed by atoms with Crippen molar-refractivity contribution in [3.8, 4) is 0 Å². The monoisotopic (exact) mass is 289 g/mol. The second-order valence-corrected chi connectivity index (χ2v) is 6.24. The molecule has 2 saturated heterocycles. The van der Waals surface area contributed by atoms with Crippen molar-refractivity contribution in [3.63, 3.8) is 0 Å². The molecule has 6 heteroatoms. The van der Waals surface area contributed by atoms with E-state index in [1.54, 1.807) is 0 Å². The predicted molar refractivity (Wildman–Crippen MR) is 82.4 cm³/mol. The van der Waals surface area contributed by atoms with Gasteiger partial charge in [-0.05, 0) is 57.2 Å². The smallest absolute Gasteiger partial charge is 0.376 e. The van der Waals surface area contributed by atoms with E-state index in [9.17, 15) is 5.02 Å². The van der Waals surface area contributed by atoms with Crippen molar-refractivity contribution in [2.45, 2.75) is 31.7 Å². The summed E-state index contributed by atoms with van der Waals surface area (Å²) in [4.78, 5) is 13.0. The molecule has 0 amide bonds. The van der Waals surface area contributed by atoms with Gasteiger partial charge in [-0.1, -0.05) is 6.07 Å². The lowest BCUT2D eigenvalue weighted by molar-refractivity contribution is -0.211. The lowest BCUT2D eigenvalue weighted by Crippen LogP contribution is -2.48. The zero-order chi connectivity index (χ0) is 14.9. The summed E-state index contributed by atoms with van der Waals surface area (Å²) in [5.41, 5.74) is 0.755. The Morgan fingerprint density at radius 3 is 2.62 bits per heavy atom. The van der Waals surface area contributed by atoms with E-state index >= 15 is 0 Å². The highest BCUT2D eigenvalue weighted by atomic mass is 16.7. The molecule has 1 aromatic heterocycles. The summed E-state index contributed by atoms with van der Waals surface area (Å²) in [6.45, 7) is 4.62. The molecule has 0 spiro atoms. The van der Waals surface area contributed by atoms with Gasteiger partial charge in [-0.3, -0.25) is 9.82 Å². The molecule has 2 fully saturated rings. The molecule has 3 rings (SSSR count). The maximum absolute atomic E-state index is 9.73. The maximum atomic E-state index is 9.73. The van der Waals surface area contributed by atoms with Gasteiger partial charge in [0.25, 0.3) is 0 Å². The third-order valence-electron chi connectivity index (χ3n) is 4.93. The average molecular weight is 289 g/mol. The fraction of sp³-hybridized carbons (Fsp3) is 0.667. The number of piperidine rings is 1. The van der Waals surface area contributed by atoms with Crippen molar-refractivity contribution in [1.82, 2.24) is 14.9 Å². The number of hydroxylamine groups is 2. The minimum absolute atomic E-state index is 0.291. The van der Waals surface area contributed by atoms with Crippen LogP contribution in [-0.4, -0.2) is 53.6 Å². The Balaban J connectivity index is 1.82. The largest absolute Gasteiger partial charge is 0.437 e. The molecule has 1 N–H and O–H groups in total. The Morgan fingerprint density at radius 1 is 1.33 bits per heavy atom. The van der Waals surface area contributed by atoms with Gasteiger partial charge < -0.3 is 9.83 Å². The van der Waals surface area contributed by atoms with Crippen LogP contribution in [0.1, 0.15) is 25.0 Å². The molecule has 0 radical (unpaired) electrons. The molecule has 0 aliphatic carbocycles. The third kappa shape index (κ3) is 2.86. The number of hydrogen-bond acceptors (Lipinski definition) is 5. The van der Waals surface area contributed by atoms with Crippen molar-refractivity contribution < 1.29 is 9.86 Å². The lowest BCUT2D eigenvalue weighted by atomic mass is 9.73. The maximum Gasteiger partial charge on any atom is 0.376 e. The van der Waals surface area contributed by atoms with Crippen LogP contribution in [0.4, 0.5) is 0 Å². The minimum Gasteiger partial charge on any atom is -0.437 e. The van der Waals surface area contributed by atoms with Crippen LogP contribution in [0.2, 0.25) is 6.82 Å². The first kappa shape index (κ1) is 15.0. The van der Waals surface area contributed by atoms with Crippen LogP contribution < -0.4 is 0 Å². The average Bonchev–Trinajstić information content (AvgIpc) is 2.91. The van der Waals surface area contributed by atoms with Crippen LogP contribution in [0.3, 0.4) is 0 Å². The number of pyridine rings is 1. The zero-order valence-corrected chi connectivity index (χ0v) is 12.9. The van der Waals surface area contributed by atoms with Crippen LogP contribution in [0, 0.1) is 5.92 Å². The van der Waals surface area contributed by atoms with E-state index < -0.39 is 0 Å². The zero-order valence-electron chi connectivity index (χ0n) is 12.9. The van der Waals surface area contributed by atoms with E-state index in [-0.39, 0.29) is 12.7 Å². The molecule has 2 aliphatic heterocycles. The van der Waals surface area contributed by atoms with Gasteiger partial charge in [0.1, 0.15) is 5.60 Å². The molecular weight excluding hydrogens is 265 g/mol. The highest BCUT2D eigenvalue weighted by Gasteiger charge is 2.48. The minimum atomic E-state index is -0.357. The quantitative estimate of drug-likeness (QED) is 0.852. The van der Waals surface area contributed by atoms with Gasteiger partial charge in [0, 0.05) is 19.8 Å². The SMILES string of the molecule is CB(O)N1CCC(C2(c3ccccn3)CCN(C)O2)CC1. The summed E-state index contributed by atoms with van der Waals surface area (Å²) in [6.07, 6.45) is 4.91. The van der Waals surface area contributed by atoms with Crippen molar-refractivity contribution in [1.29, 1.82) is 0 Å². The summed E-state index contributed by atoms with van der Waals surface area (Å²) >= 11 is 0. The molecule has 5 nitrogen and oxygen atoms in total. The van der Waals surface area contributed by atoms with Crippen LogP contribution in [0.25, 0.3) is 0 Å². The first-order valence-corrected chi connectivity index (χ1v) is 7.86. The Hall–Kier alpha value is -0.945. The normalized spacial score (nSPS) is 28.9. The van der Waals surface area contributed by atoms with E-state index in [0.29, 0.717) is 5.92 Å². The first-order valence-electron chi connectivity index (χ1n) is 7.86. The van der Waals surface area contributed by atoms with E-state index in [2.05, 4.69) is 15.9 Å². The molecule has 2 aliphatic rings. The van der Waals surface area contributed by atoms with Gasteiger partial charge in [-0.15, -0.1) is 0 Å². The summed E-state index contributed by atoms with van der Waals surface area (Å²) in [7, 11) is 1.64. The molecule has 1 atom stereocenters. The Morgan fingerprint density at radius 2 is 2.10 bits per heavy atom. The second kappa shape index (κ2) is 6.05. The number of rotatable bonds is 3. The topological polar surface area (TPSA) is 48.8 Å². The fourth-order valence-electron chi connectivity index (χ4n) is 3.71. The summed E-state index contributed by atoms with van der Waals surface area (Å²) in [5.74, 6) is 0.451. The molecule has 1 unspecified atom stereocenters. The lowest BCUT2D eigenvalue weighted by Gasteiger charge is -2.41. The molecule has 114 valence electrons. The number of nitrogens with zero attached hydrogens (tertiary/aromatic N) is 3. The van der Waals surface area contributed by atoms with E-state index in [0.717, 1.165) is 44.6 Å². The van der Waals surface area contributed by atoms with Crippen molar-refractivity contribution in [2.24, 2.45) is 5.92 Å². The van der Waals surface area contributed by atoms with Gasteiger partial charge in [0.05, 0.1) is 5.69 Å². The van der Waals surface area contributed by atoms with Gasteiger partial charge in [-0.2, -0.15) is 5.06 Å². The Labute approximate surface area is 127 Å². The second-order valence-electron chi connectivity index (χ2n) is 6.24. The molecule has 0 bridgehead atoms. The molecular formula is C15H24BN3O2. The standard InChI is InChI=1S/C15H24BN3O2/c1-16(20)19-10-6-13(7-11-19)15(8-12-18(2)21-15)14-5-3-4-9-17-14/h3-5,9,13,20H,6-8,10-12H2,1-2H3. The van der Waals surface area contributed by atoms with Crippen LogP contribution in [0.5, 0.6) is 0 Å². The highest BCUT2D eigenvalue weighted by Crippen LogP contribution is 2.45. The molecule has 3 heterocycles. The summed E-state index contributed by atoms with van der Waals surface area (Å²) < 4.78 is 0. The van der Waals surface area contributed by atoms with Crippen LogP contribution in [0.15, 0.2) is 24.4 Å². The van der Waals surface area contributed by atoms with Crippen LogP contribution >= 0.6 is 0 Å². The van der Waals surface area contributed by atoms with Crippen molar-refractivity contribution in [2.75, 3.05) is 26.7 Å². The van der Waals surface area contributed by atoms with Crippen LogP contribution in [-0.2, 0) is 10.4 Å². The predicted octanol–water partition coefficient (Wildman–Crippen LogP) is 1.37. The Kier molecular flexibility index (Phi) is 4.31. The summed E-state index contributed by atoms with van der Waals surface area (Å²) in [5, 5.41) is 11.7. The van der Waals surface area contributed by atoms with Crippen molar-refractivity contribution >= 4 is 7.05 Å². The van der Waals surface area contributed by atoms with Gasteiger partial charge in [0.2, 0.25) is 0 Å². The summed E-state index contributed by atoms with van der Waals surface area (Å²) in [6, 6.07) is 6.07. The number of hydrogen-bond donors (Lipinski definition) is 1. The number of aromatic nitrogens is 1. The van der Waals surface area contributed by atoms with E-state index in [1.165, 1.54) is 0 Å². The van der Waals surface area contributed by atoms with Gasteiger partial charge in [-0.25, -0.2) is 0 Å². The molecule has 0 saturated carbocycles. The highest BCUT2D eigenvalue weighted by molar-refractivity contribution is 6.45. The van der Waals surface area contributed by atoms with E-state index in [4.69, 9.17) is 4.84 Å². The first-order chi connectivity index (χ1) is 10.1. The van der Waals surface area contributed by atoms with Gasteiger partial charge >= 0.3 is 7.05 Å². The molecule has 1 aromatic rings. The van der Waals surface area contributed by atoms with Crippen molar-refractivity contribution in [3.05, 3.63) is 30.1 Å². The molecule has 0 aromatic carbocycles. The fourth-order valence-corrected chi connectivity index (χ4v) is 3.71. The third-order valence-corrected chi connectivity index (χ3v) is 4.93. The Bertz CT molecular complexity index is 465. The van der Waals surface area contributed by atoms with Gasteiger partial charge in [0.15, 0.2) is 0 Å². The molecule has 21 heavy (non-hydrogen) atoms. The van der Waals surface area contributed by atoms with E-state index in [1.807, 2.05) is 37.3 Å².